The summed E-state index contributed by atoms with van der Waals surface area (Å²) >= 11 is 0. The number of hydrogen-bond acceptors (Lipinski definition) is 4. The van der Waals surface area contributed by atoms with Crippen LogP contribution in [-0.4, -0.2) is 22.2 Å². The molecule has 1 unspecified atom stereocenters. The monoisotopic (exact) mass is 445 g/mol. The molecule has 2 atom stereocenters. The molecule has 2 heterocycles. The third kappa shape index (κ3) is 4.51. The molecule has 0 saturated carbocycles. The maximum absolute atomic E-state index is 13.8. The molecule has 1 aliphatic heterocycles. The number of Topliss-reactive ketones (excluding diaryl/α,β-unsaturated/α-hetero) is 1. The Labute approximate surface area is 193 Å². The van der Waals surface area contributed by atoms with Gasteiger partial charge in [0.15, 0.2) is 11.3 Å². The van der Waals surface area contributed by atoms with E-state index in [0.717, 1.165) is 22.3 Å². The highest BCUT2D eigenvalue weighted by Crippen LogP contribution is 2.49. The van der Waals surface area contributed by atoms with Crippen molar-refractivity contribution in [2.75, 3.05) is 0 Å². The lowest BCUT2D eigenvalue weighted by atomic mass is 9.72. The summed E-state index contributed by atoms with van der Waals surface area (Å²) in [5.41, 5.74) is 8.39. The van der Waals surface area contributed by atoms with E-state index in [1.807, 2.05) is 44.2 Å². The van der Waals surface area contributed by atoms with Gasteiger partial charge in [0.05, 0.1) is 5.84 Å². The molecule has 6 heteroatoms. The summed E-state index contributed by atoms with van der Waals surface area (Å²) in [6, 6.07) is 14.2. The van der Waals surface area contributed by atoms with Gasteiger partial charge >= 0.3 is 0 Å². The van der Waals surface area contributed by atoms with Crippen LogP contribution < -0.4 is 10.5 Å². The number of rotatable bonds is 5. The number of fused-ring (bicyclic) bond motifs is 1. The summed E-state index contributed by atoms with van der Waals surface area (Å²) < 4.78 is 20.3. The number of carbonyl (C=O) groups is 1. The summed E-state index contributed by atoms with van der Waals surface area (Å²) in [5.74, 6) is 0.456. The van der Waals surface area contributed by atoms with Gasteiger partial charge in [-0.25, -0.2) is 4.39 Å². The van der Waals surface area contributed by atoms with Crippen molar-refractivity contribution in [1.29, 1.82) is 0 Å². The highest BCUT2D eigenvalue weighted by Gasteiger charge is 2.50. The minimum atomic E-state index is -1.21. The normalized spacial score (nSPS) is 22.4. The predicted molar refractivity (Wildman–Crippen MR) is 128 cm³/mol. The molecule has 4 rings (SSSR count). The van der Waals surface area contributed by atoms with E-state index >= 15 is 0 Å². The lowest BCUT2D eigenvalue weighted by Crippen LogP contribution is -2.50. The van der Waals surface area contributed by atoms with Crippen LogP contribution in [0.5, 0.6) is 5.75 Å². The molecule has 33 heavy (non-hydrogen) atoms. The van der Waals surface area contributed by atoms with Crippen LogP contribution in [0.2, 0.25) is 0 Å². The van der Waals surface area contributed by atoms with Gasteiger partial charge in [-0.1, -0.05) is 18.2 Å². The number of amidine groups is 1. The van der Waals surface area contributed by atoms with Gasteiger partial charge in [0.25, 0.3) is 0 Å². The highest BCUT2D eigenvalue weighted by molar-refractivity contribution is 5.93. The molecule has 2 aromatic carbocycles. The number of ether oxygens (including phenoxy) is 1. The number of aryl methyl sites for hydroxylation is 1. The number of nitrogens with zero attached hydrogens (tertiary/aromatic N) is 2. The van der Waals surface area contributed by atoms with Crippen LogP contribution in [0, 0.1) is 12.7 Å². The van der Waals surface area contributed by atoms with Crippen LogP contribution in [0.4, 0.5) is 4.39 Å². The van der Waals surface area contributed by atoms with Crippen molar-refractivity contribution < 1.29 is 13.9 Å². The van der Waals surface area contributed by atoms with E-state index in [0.29, 0.717) is 23.6 Å². The Hall–Kier alpha value is -3.54. The van der Waals surface area contributed by atoms with Crippen molar-refractivity contribution in [3.63, 3.8) is 0 Å². The summed E-state index contributed by atoms with van der Waals surface area (Å²) in [4.78, 5) is 22.2. The lowest BCUT2D eigenvalue weighted by Gasteiger charge is -2.44. The molecule has 0 saturated heterocycles. The average Bonchev–Trinajstić information content (AvgIpc) is 2.72. The Balaban J connectivity index is 1.87. The van der Waals surface area contributed by atoms with E-state index in [4.69, 9.17) is 15.5 Å². The molecule has 2 N–H and O–H groups in total. The van der Waals surface area contributed by atoms with Crippen LogP contribution in [0.25, 0.3) is 11.1 Å². The van der Waals surface area contributed by atoms with Gasteiger partial charge in [0.1, 0.15) is 17.2 Å². The molecule has 1 aromatic heterocycles. The summed E-state index contributed by atoms with van der Waals surface area (Å²) in [7, 11) is 0. The Morgan fingerprint density at radius 3 is 2.61 bits per heavy atom. The Bertz CT molecular complexity index is 1250. The Morgan fingerprint density at radius 1 is 1.15 bits per heavy atom. The maximum atomic E-state index is 13.8. The van der Waals surface area contributed by atoms with Gasteiger partial charge in [-0.3, -0.25) is 14.8 Å². The standard InChI is InChI=1S/C27H28FN3O2/c1-17-10-22(15-30-14-17)21-8-9-25-24(12-21)27(18(2)32,31-19(3)29)16-26(4,33-25)13-20-6-5-7-23(28)11-20/h5-12,14-15H,13,16H2,1-4H3,(H2,29,31)/t26-,27?/m1/s1. The van der Waals surface area contributed by atoms with E-state index in [1.165, 1.54) is 19.1 Å². The molecule has 0 aliphatic carbocycles. The zero-order valence-corrected chi connectivity index (χ0v) is 19.4. The second-order valence-electron chi connectivity index (χ2n) is 9.17. The number of nitrogens with two attached hydrogens (primary N) is 1. The Morgan fingerprint density at radius 2 is 1.94 bits per heavy atom. The van der Waals surface area contributed by atoms with E-state index in [-0.39, 0.29) is 18.0 Å². The molecule has 0 radical (unpaired) electrons. The van der Waals surface area contributed by atoms with Gasteiger partial charge in [-0.2, -0.15) is 0 Å². The van der Waals surface area contributed by atoms with Crippen LogP contribution in [0.3, 0.4) is 0 Å². The fourth-order valence-corrected chi connectivity index (χ4v) is 4.74. The molecule has 0 bridgehead atoms. The molecule has 3 aromatic rings. The van der Waals surface area contributed by atoms with Crippen LogP contribution in [-0.2, 0) is 16.8 Å². The topological polar surface area (TPSA) is 77.6 Å². The van der Waals surface area contributed by atoms with Crippen LogP contribution >= 0.6 is 0 Å². The zero-order chi connectivity index (χ0) is 23.8. The van der Waals surface area contributed by atoms with Gasteiger partial charge < -0.3 is 10.5 Å². The van der Waals surface area contributed by atoms with Gasteiger partial charge in [-0.15, -0.1) is 0 Å². The van der Waals surface area contributed by atoms with Crippen LogP contribution in [0.1, 0.15) is 43.9 Å². The number of ketones is 1. The number of halogens is 1. The third-order valence-electron chi connectivity index (χ3n) is 6.04. The summed E-state index contributed by atoms with van der Waals surface area (Å²) in [6.45, 7) is 7.12. The third-order valence-corrected chi connectivity index (χ3v) is 6.04. The molecule has 170 valence electrons. The number of hydrogen-bond donors (Lipinski definition) is 1. The quantitative estimate of drug-likeness (QED) is 0.436. The van der Waals surface area contributed by atoms with E-state index in [2.05, 4.69) is 4.98 Å². The fraction of sp³-hybridized carbons (Fsp3) is 0.296. The predicted octanol–water partition coefficient (Wildman–Crippen LogP) is 5.14. The van der Waals surface area contributed by atoms with Gasteiger partial charge in [0.2, 0.25) is 0 Å². The number of benzene rings is 2. The van der Waals surface area contributed by atoms with Crippen molar-refractivity contribution in [3.8, 4) is 16.9 Å². The largest absolute Gasteiger partial charge is 0.487 e. The van der Waals surface area contributed by atoms with Crippen molar-refractivity contribution >= 4 is 11.6 Å². The van der Waals surface area contributed by atoms with E-state index in [9.17, 15) is 9.18 Å². The van der Waals surface area contributed by atoms with E-state index < -0.39 is 11.1 Å². The first kappa shape index (κ1) is 22.6. The van der Waals surface area contributed by atoms with Gasteiger partial charge in [0, 0.05) is 36.4 Å². The molecule has 1 aliphatic rings. The average molecular weight is 446 g/mol. The minimum absolute atomic E-state index is 0.123. The number of carbonyl (C=O) groups excluding carboxylic acids is 1. The molecule has 5 nitrogen and oxygen atoms in total. The molecule has 0 amide bonds. The second-order valence-corrected chi connectivity index (χ2v) is 9.17. The van der Waals surface area contributed by atoms with Crippen molar-refractivity contribution in [2.45, 2.75) is 51.7 Å². The zero-order valence-electron chi connectivity index (χ0n) is 19.4. The van der Waals surface area contributed by atoms with E-state index in [1.54, 1.807) is 25.4 Å². The van der Waals surface area contributed by atoms with Gasteiger partial charge in [-0.05, 0) is 74.7 Å². The summed E-state index contributed by atoms with van der Waals surface area (Å²) in [5, 5.41) is 0. The smallest absolute Gasteiger partial charge is 0.162 e. The first-order valence-electron chi connectivity index (χ1n) is 10.9. The number of aliphatic imine (C=N–C) groups is 1. The first-order chi connectivity index (χ1) is 15.6. The summed E-state index contributed by atoms with van der Waals surface area (Å²) in [6.07, 6.45) is 4.29. The maximum Gasteiger partial charge on any atom is 0.162 e. The minimum Gasteiger partial charge on any atom is -0.487 e. The van der Waals surface area contributed by atoms with Crippen molar-refractivity contribution in [1.82, 2.24) is 4.98 Å². The van der Waals surface area contributed by atoms with Crippen molar-refractivity contribution in [2.24, 2.45) is 10.7 Å². The molecule has 0 spiro atoms. The highest BCUT2D eigenvalue weighted by atomic mass is 19.1. The number of pyridine rings is 1. The fourth-order valence-electron chi connectivity index (χ4n) is 4.74. The lowest BCUT2D eigenvalue weighted by molar-refractivity contribution is -0.125. The first-order valence-corrected chi connectivity index (χ1v) is 10.9. The number of aromatic nitrogens is 1. The Kier molecular flexibility index (Phi) is 5.78. The van der Waals surface area contributed by atoms with Crippen LogP contribution in [0.15, 0.2) is 65.9 Å². The molecular formula is C27H28FN3O2. The molecular weight excluding hydrogens is 417 g/mol. The van der Waals surface area contributed by atoms with Crippen molar-refractivity contribution in [3.05, 3.63) is 83.4 Å². The SMILES string of the molecule is CC(=O)C1(N=C(C)N)C[C@@](C)(Cc2cccc(F)c2)Oc2ccc(-c3cncc(C)c3)cc21. The second kappa shape index (κ2) is 8.43. The molecule has 0 fully saturated rings.